The van der Waals surface area contributed by atoms with Crippen LogP contribution in [0.25, 0.3) is 0 Å². The van der Waals surface area contributed by atoms with E-state index in [9.17, 15) is 4.79 Å². The Morgan fingerprint density at radius 2 is 2.20 bits per heavy atom. The van der Waals surface area contributed by atoms with Crippen molar-refractivity contribution >= 4 is 17.2 Å². The molecule has 0 saturated carbocycles. The van der Waals surface area contributed by atoms with Crippen LogP contribution in [-0.2, 0) is 16.1 Å². The zero-order chi connectivity index (χ0) is 14.4. The first kappa shape index (κ1) is 15.4. The molecule has 0 aliphatic carbocycles. The monoisotopic (exact) mass is 297 g/mol. The van der Waals surface area contributed by atoms with E-state index < -0.39 is 0 Å². The van der Waals surface area contributed by atoms with E-state index in [1.807, 2.05) is 4.90 Å². The van der Waals surface area contributed by atoms with Crippen LogP contribution in [-0.4, -0.2) is 61.6 Å². The van der Waals surface area contributed by atoms with Crippen LogP contribution in [0, 0.1) is 0 Å². The molecule has 0 bridgehead atoms. The smallest absolute Gasteiger partial charge is 0.225 e. The molecule has 1 aliphatic heterocycles. The van der Waals surface area contributed by atoms with Gasteiger partial charge in [0.05, 0.1) is 12.5 Å². The standard InChI is InChI=1S/C14H23N3O2S/c1-19-13(9-15)8-14(18)17-5-3-16(4-6-17)10-12-2-7-20-11-12/h2,7,11,13H,3-6,8-10,15H2,1H3. The quantitative estimate of drug-likeness (QED) is 0.842. The van der Waals surface area contributed by atoms with Crippen molar-refractivity contribution in [3.8, 4) is 0 Å². The number of nitrogens with two attached hydrogens (primary N) is 1. The minimum absolute atomic E-state index is 0.150. The average molecular weight is 297 g/mol. The molecule has 0 spiro atoms. The van der Waals surface area contributed by atoms with Crippen LogP contribution in [0.4, 0.5) is 0 Å². The van der Waals surface area contributed by atoms with E-state index in [0.717, 1.165) is 32.7 Å². The van der Waals surface area contributed by atoms with Crippen molar-refractivity contribution in [2.45, 2.75) is 19.1 Å². The summed E-state index contributed by atoms with van der Waals surface area (Å²) in [5.74, 6) is 0.150. The number of piperazine rings is 1. The van der Waals surface area contributed by atoms with E-state index in [4.69, 9.17) is 10.5 Å². The number of ether oxygens (including phenoxy) is 1. The summed E-state index contributed by atoms with van der Waals surface area (Å²) in [6.07, 6.45) is 0.226. The molecule has 20 heavy (non-hydrogen) atoms. The summed E-state index contributed by atoms with van der Waals surface area (Å²) >= 11 is 1.73. The van der Waals surface area contributed by atoms with Crippen LogP contribution < -0.4 is 5.73 Å². The highest BCUT2D eigenvalue weighted by molar-refractivity contribution is 7.07. The Kier molecular flexibility index (Phi) is 5.97. The third-order valence-corrected chi connectivity index (χ3v) is 4.44. The van der Waals surface area contributed by atoms with Gasteiger partial charge in [-0.1, -0.05) is 0 Å². The number of carbonyl (C=O) groups excluding carboxylic acids is 1. The molecular weight excluding hydrogens is 274 g/mol. The largest absolute Gasteiger partial charge is 0.380 e. The van der Waals surface area contributed by atoms with Gasteiger partial charge >= 0.3 is 0 Å². The van der Waals surface area contributed by atoms with E-state index in [0.29, 0.717) is 13.0 Å². The predicted molar refractivity (Wildman–Crippen MR) is 80.6 cm³/mol. The number of amides is 1. The molecule has 1 unspecified atom stereocenters. The lowest BCUT2D eigenvalue weighted by molar-refractivity contribution is -0.135. The zero-order valence-electron chi connectivity index (χ0n) is 12.0. The van der Waals surface area contributed by atoms with Gasteiger partial charge in [-0.05, 0) is 22.4 Å². The van der Waals surface area contributed by atoms with Crippen molar-refractivity contribution in [3.05, 3.63) is 22.4 Å². The summed E-state index contributed by atoms with van der Waals surface area (Å²) < 4.78 is 5.17. The molecule has 1 saturated heterocycles. The Balaban J connectivity index is 1.74. The van der Waals surface area contributed by atoms with Gasteiger partial charge in [0.25, 0.3) is 0 Å². The van der Waals surface area contributed by atoms with Gasteiger partial charge in [-0.3, -0.25) is 9.69 Å². The molecule has 0 radical (unpaired) electrons. The molecule has 1 amide bonds. The van der Waals surface area contributed by atoms with Crippen LogP contribution in [0.2, 0.25) is 0 Å². The molecule has 0 aromatic carbocycles. The summed E-state index contributed by atoms with van der Waals surface area (Å²) in [7, 11) is 1.60. The zero-order valence-corrected chi connectivity index (χ0v) is 12.8. The Hall–Kier alpha value is -0.950. The number of methoxy groups -OCH3 is 1. The first-order valence-corrected chi connectivity index (χ1v) is 7.91. The normalized spacial score (nSPS) is 18.2. The van der Waals surface area contributed by atoms with Crippen LogP contribution >= 0.6 is 11.3 Å². The highest BCUT2D eigenvalue weighted by Gasteiger charge is 2.23. The second-order valence-electron chi connectivity index (χ2n) is 5.09. The third kappa shape index (κ3) is 4.28. The SMILES string of the molecule is COC(CN)CC(=O)N1CCN(Cc2ccsc2)CC1. The van der Waals surface area contributed by atoms with Crippen molar-refractivity contribution in [3.63, 3.8) is 0 Å². The first-order chi connectivity index (χ1) is 9.72. The fourth-order valence-electron chi connectivity index (χ4n) is 2.38. The topological polar surface area (TPSA) is 58.8 Å². The number of rotatable bonds is 6. The number of hydrogen-bond donors (Lipinski definition) is 1. The molecule has 5 nitrogen and oxygen atoms in total. The number of nitrogens with zero attached hydrogens (tertiary/aromatic N) is 2. The number of hydrogen-bond acceptors (Lipinski definition) is 5. The van der Waals surface area contributed by atoms with E-state index in [1.54, 1.807) is 18.4 Å². The average Bonchev–Trinajstić information content (AvgIpc) is 2.98. The van der Waals surface area contributed by atoms with Crippen LogP contribution in [0.5, 0.6) is 0 Å². The van der Waals surface area contributed by atoms with Gasteiger partial charge in [0.1, 0.15) is 0 Å². The fraction of sp³-hybridized carbons (Fsp3) is 0.643. The van der Waals surface area contributed by atoms with Gasteiger partial charge in [0.2, 0.25) is 5.91 Å². The van der Waals surface area contributed by atoms with E-state index in [1.165, 1.54) is 5.56 Å². The Morgan fingerprint density at radius 1 is 1.45 bits per heavy atom. The second kappa shape index (κ2) is 7.73. The lowest BCUT2D eigenvalue weighted by Gasteiger charge is -2.35. The molecule has 1 aliphatic rings. The minimum atomic E-state index is -0.161. The highest BCUT2D eigenvalue weighted by atomic mass is 32.1. The van der Waals surface area contributed by atoms with Crippen molar-refractivity contribution in [2.24, 2.45) is 5.73 Å². The molecule has 2 heterocycles. The molecule has 1 fully saturated rings. The van der Waals surface area contributed by atoms with Gasteiger partial charge in [-0.15, -0.1) is 0 Å². The van der Waals surface area contributed by atoms with Gasteiger partial charge in [-0.25, -0.2) is 0 Å². The maximum absolute atomic E-state index is 12.1. The highest BCUT2D eigenvalue weighted by Crippen LogP contribution is 2.12. The molecule has 1 aromatic rings. The third-order valence-electron chi connectivity index (χ3n) is 3.71. The lowest BCUT2D eigenvalue weighted by atomic mass is 10.2. The summed E-state index contributed by atoms with van der Waals surface area (Å²) in [6, 6.07) is 2.16. The van der Waals surface area contributed by atoms with Crippen LogP contribution in [0.15, 0.2) is 16.8 Å². The molecule has 1 atom stereocenters. The fourth-order valence-corrected chi connectivity index (χ4v) is 3.04. The summed E-state index contributed by atoms with van der Waals surface area (Å²) in [5, 5.41) is 4.29. The molecule has 1 aromatic heterocycles. The second-order valence-corrected chi connectivity index (χ2v) is 5.87. The first-order valence-electron chi connectivity index (χ1n) is 6.97. The van der Waals surface area contributed by atoms with Gasteiger partial charge in [0, 0.05) is 46.4 Å². The number of carbonyl (C=O) groups is 1. The lowest BCUT2D eigenvalue weighted by Crippen LogP contribution is -2.49. The maximum Gasteiger partial charge on any atom is 0.225 e. The number of thiophene rings is 1. The van der Waals surface area contributed by atoms with Gasteiger partial charge < -0.3 is 15.4 Å². The van der Waals surface area contributed by atoms with E-state index in [-0.39, 0.29) is 12.0 Å². The molecule has 6 heteroatoms. The van der Waals surface area contributed by atoms with Gasteiger partial charge in [-0.2, -0.15) is 11.3 Å². The predicted octanol–water partition coefficient (Wildman–Crippen LogP) is 0.756. The van der Waals surface area contributed by atoms with Crippen molar-refractivity contribution in [1.82, 2.24) is 9.80 Å². The van der Waals surface area contributed by atoms with Crippen molar-refractivity contribution in [2.75, 3.05) is 39.8 Å². The Labute approximate surface area is 124 Å². The Bertz CT molecular complexity index is 399. The summed E-state index contributed by atoms with van der Waals surface area (Å²) in [6.45, 7) is 4.83. The molecular formula is C14H23N3O2S. The van der Waals surface area contributed by atoms with Crippen molar-refractivity contribution in [1.29, 1.82) is 0 Å². The molecule has 2 N–H and O–H groups in total. The van der Waals surface area contributed by atoms with E-state index >= 15 is 0 Å². The molecule has 2 rings (SSSR count). The van der Waals surface area contributed by atoms with Crippen LogP contribution in [0.3, 0.4) is 0 Å². The Morgan fingerprint density at radius 3 is 2.75 bits per heavy atom. The maximum atomic E-state index is 12.1. The summed E-state index contributed by atoms with van der Waals surface area (Å²) in [4.78, 5) is 16.4. The minimum Gasteiger partial charge on any atom is -0.380 e. The van der Waals surface area contributed by atoms with E-state index in [2.05, 4.69) is 21.7 Å². The summed E-state index contributed by atoms with van der Waals surface area (Å²) in [5.41, 5.74) is 6.91. The van der Waals surface area contributed by atoms with Gasteiger partial charge in [0.15, 0.2) is 0 Å². The van der Waals surface area contributed by atoms with Crippen molar-refractivity contribution < 1.29 is 9.53 Å². The van der Waals surface area contributed by atoms with Crippen LogP contribution in [0.1, 0.15) is 12.0 Å². The molecule has 112 valence electrons.